The molecule has 1 aromatic rings. The third kappa shape index (κ3) is 3.30. The van der Waals surface area contributed by atoms with E-state index in [4.69, 9.17) is 0 Å². The Bertz CT molecular complexity index is 319. The summed E-state index contributed by atoms with van der Waals surface area (Å²) in [4.78, 5) is 2.65. The first-order chi connectivity index (χ1) is 8.36. The fraction of sp³-hybridized carbons (Fsp3) is 0.600. The summed E-state index contributed by atoms with van der Waals surface area (Å²) in [6.07, 6.45) is 2.76. The SMILES string of the molecule is CCNCC(c1ccccc1)N(CC)C1CC1. The van der Waals surface area contributed by atoms with Gasteiger partial charge in [0.15, 0.2) is 0 Å². The molecule has 1 N–H and O–H groups in total. The summed E-state index contributed by atoms with van der Waals surface area (Å²) in [6.45, 7) is 7.71. The van der Waals surface area contributed by atoms with Crippen LogP contribution in [-0.2, 0) is 0 Å². The Labute approximate surface area is 105 Å². The highest BCUT2D eigenvalue weighted by molar-refractivity contribution is 5.20. The van der Waals surface area contributed by atoms with E-state index < -0.39 is 0 Å². The van der Waals surface area contributed by atoms with Crippen LogP contribution in [0.3, 0.4) is 0 Å². The molecule has 2 rings (SSSR count). The van der Waals surface area contributed by atoms with Crippen LogP contribution in [0.5, 0.6) is 0 Å². The molecule has 1 aromatic carbocycles. The summed E-state index contributed by atoms with van der Waals surface area (Å²) in [5, 5.41) is 3.50. The average Bonchev–Trinajstić information content (AvgIpc) is 3.20. The molecular weight excluding hydrogens is 208 g/mol. The van der Waals surface area contributed by atoms with E-state index in [1.807, 2.05) is 0 Å². The molecule has 0 bridgehead atoms. The minimum Gasteiger partial charge on any atom is -0.315 e. The van der Waals surface area contributed by atoms with E-state index in [0.717, 1.165) is 25.7 Å². The van der Waals surface area contributed by atoms with Crippen molar-refractivity contribution in [2.24, 2.45) is 0 Å². The highest BCUT2D eigenvalue weighted by Crippen LogP contribution is 2.33. The van der Waals surface area contributed by atoms with Crippen LogP contribution in [0.2, 0.25) is 0 Å². The van der Waals surface area contributed by atoms with Crippen molar-refractivity contribution in [1.82, 2.24) is 10.2 Å². The molecule has 2 nitrogen and oxygen atoms in total. The Morgan fingerprint density at radius 3 is 2.47 bits per heavy atom. The number of likely N-dealkylation sites (N-methyl/N-ethyl adjacent to an activating group) is 2. The van der Waals surface area contributed by atoms with Crippen molar-refractivity contribution in [3.05, 3.63) is 35.9 Å². The normalized spacial score (nSPS) is 17.4. The van der Waals surface area contributed by atoms with Gasteiger partial charge in [0, 0.05) is 18.6 Å². The van der Waals surface area contributed by atoms with Crippen LogP contribution in [0.1, 0.15) is 38.3 Å². The molecule has 1 fully saturated rings. The Kier molecular flexibility index (Phi) is 4.57. The quantitative estimate of drug-likeness (QED) is 0.777. The Morgan fingerprint density at radius 2 is 1.94 bits per heavy atom. The van der Waals surface area contributed by atoms with Gasteiger partial charge in [-0.2, -0.15) is 0 Å². The highest BCUT2D eigenvalue weighted by Gasteiger charge is 2.33. The summed E-state index contributed by atoms with van der Waals surface area (Å²) in [5.74, 6) is 0. The zero-order chi connectivity index (χ0) is 12.1. The van der Waals surface area contributed by atoms with Crippen LogP contribution in [-0.4, -0.2) is 30.6 Å². The summed E-state index contributed by atoms with van der Waals surface area (Å²) >= 11 is 0. The lowest BCUT2D eigenvalue weighted by Gasteiger charge is -2.31. The molecule has 0 aliphatic heterocycles. The van der Waals surface area contributed by atoms with E-state index in [1.165, 1.54) is 18.4 Å². The molecule has 1 saturated carbocycles. The smallest absolute Gasteiger partial charge is 0.0475 e. The average molecular weight is 232 g/mol. The van der Waals surface area contributed by atoms with Crippen LogP contribution in [0, 0.1) is 0 Å². The first-order valence-corrected chi connectivity index (χ1v) is 6.88. The molecule has 0 heterocycles. The van der Waals surface area contributed by atoms with E-state index in [9.17, 15) is 0 Å². The van der Waals surface area contributed by atoms with Gasteiger partial charge in [-0.15, -0.1) is 0 Å². The van der Waals surface area contributed by atoms with Crippen LogP contribution in [0.15, 0.2) is 30.3 Å². The maximum absolute atomic E-state index is 3.50. The van der Waals surface area contributed by atoms with Crippen LogP contribution >= 0.6 is 0 Å². The summed E-state index contributed by atoms with van der Waals surface area (Å²) in [6, 6.07) is 12.3. The van der Waals surface area contributed by atoms with Gasteiger partial charge in [0.2, 0.25) is 0 Å². The second kappa shape index (κ2) is 6.18. The molecule has 0 radical (unpaired) electrons. The predicted octanol–water partition coefficient (Wildman–Crippen LogP) is 2.82. The van der Waals surface area contributed by atoms with Gasteiger partial charge in [-0.1, -0.05) is 44.2 Å². The maximum atomic E-state index is 3.50. The first kappa shape index (κ1) is 12.6. The van der Waals surface area contributed by atoms with Gasteiger partial charge in [-0.25, -0.2) is 0 Å². The largest absolute Gasteiger partial charge is 0.315 e. The molecule has 1 unspecified atom stereocenters. The van der Waals surface area contributed by atoms with Crippen molar-refractivity contribution in [3.8, 4) is 0 Å². The van der Waals surface area contributed by atoms with Gasteiger partial charge in [0.05, 0.1) is 0 Å². The topological polar surface area (TPSA) is 15.3 Å². The standard InChI is InChI=1S/C15H24N2/c1-3-16-12-15(13-8-6-5-7-9-13)17(4-2)14-10-11-14/h5-9,14-16H,3-4,10-12H2,1-2H3. The monoisotopic (exact) mass is 232 g/mol. The van der Waals surface area contributed by atoms with Gasteiger partial charge in [0.25, 0.3) is 0 Å². The van der Waals surface area contributed by atoms with E-state index >= 15 is 0 Å². The number of hydrogen-bond donors (Lipinski definition) is 1. The second-order valence-electron chi connectivity index (χ2n) is 4.80. The number of benzene rings is 1. The highest BCUT2D eigenvalue weighted by atomic mass is 15.2. The second-order valence-corrected chi connectivity index (χ2v) is 4.80. The molecule has 1 aliphatic carbocycles. The molecule has 94 valence electrons. The Balaban J connectivity index is 2.11. The Hall–Kier alpha value is -0.860. The van der Waals surface area contributed by atoms with E-state index in [-0.39, 0.29) is 0 Å². The first-order valence-electron chi connectivity index (χ1n) is 6.88. The third-order valence-electron chi connectivity index (χ3n) is 3.55. The predicted molar refractivity (Wildman–Crippen MR) is 73.1 cm³/mol. The number of nitrogens with one attached hydrogen (secondary N) is 1. The summed E-state index contributed by atoms with van der Waals surface area (Å²) < 4.78 is 0. The lowest BCUT2D eigenvalue weighted by molar-refractivity contribution is 0.193. The maximum Gasteiger partial charge on any atom is 0.0475 e. The molecular formula is C15H24N2. The molecule has 0 spiro atoms. The number of nitrogens with zero attached hydrogens (tertiary/aromatic N) is 1. The van der Waals surface area contributed by atoms with Crippen LogP contribution < -0.4 is 5.32 Å². The van der Waals surface area contributed by atoms with Crippen LogP contribution in [0.25, 0.3) is 0 Å². The molecule has 0 aromatic heterocycles. The lowest BCUT2D eigenvalue weighted by atomic mass is 10.0. The van der Waals surface area contributed by atoms with Crippen molar-refractivity contribution in [3.63, 3.8) is 0 Å². The van der Waals surface area contributed by atoms with Crippen molar-refractivity contribution < 1.29 is 0 Å². The molecule has 0 saturated heterocycles. The van der Waals surface area contributed by atoms with Crippen molar-refractivity contribution in [1.29, 1.82) is 0 Å². The van der Waals surface area contributed by atoms with Gasteiger partial charge in [-0.3, -0.25) is 4.90 Å². The van der Waals surface area contributed by atoms with E-state index in [2.05, 4.69) is 54.4 Å². The minimum absolute atomic E-state index is 0.536. The Morgan fingerprint density at radius 1 is 1.24 bits per heavy atom. The number of rotatable bonds is 7. The van der Waals surface area contributed by atoms with E-state index in [0.29, 0.717) is 6.04 Å². The molecule has 2 heteroatoms. The summed E-state index contributed by atoms with van der Waals surface area (Å²) in [5.41, 5.74) is 1.45. The summed E-state index contributed by atoms with van der Waals surface area (Å²) in [7, 11) is 0. The van der Waals surface area contributed by atoms with Gasteiger partial charge in [-0.05, 0) is 31.5 Å². The van der Waals surface area contributed by atoms with Crippen molar-refractivity contribution in [2.75, 3.05) is 19.6 Å². The fourth-order valence-electron chi connectivity index (χ4n) is 2.52. The van der Waals surface area contributed by atoms with Gasteiger partial charge >= 0.3 is 0 Å². The molecule has 0 amide bonds. The zero-order valence-corrected chi connectivity index (χ0v) is 11.0. The number of hydrogen-bond acceptors (Lipinski definition) is 2. The van der Waals surface area contributed by atoms with Crippen LogP contribution in [0.4, 0.5) is 0 Å². The molecule has 1 aliphatic rings. The van der Waals surface area contributed by atoms with Gasteiger partial charge in [0.1, 0.15) is 0 Å². The zero-order valence-electron chi connectivity index (χ0n) is 11.0. The van der Waals surface area contributed by atoms with Gasteiger partial charge < -0.3 is 5.32 Å². The van der Waals surface area contributed by atoms with Crippen molar-refractivity contribution in [2.45, 2.75) is 38.8 Å². The lowest BCUT2D eigenvalue weighted by Crippen LogP contribution is -2.37. The van der Waals surface area contributed by atoms with E-state index in [1.54, 1.807) is 0 Å². The molecule has 17 heavy (non-hydrogen) atoms. The minimum atomic E-state index is 0.536. The fourth-order valence-corrected chi connectivity index (χ4v) is 2.52. The third-order valence-corrected chi connectivity index (χ3v) is 3.55. The molecule has 1 atom stereocenters. The van der Waals surface area contributed by atoms with Crippen molar-refractivity contribution >= 4 is 0 Å².